The lowest BCUT2D eigenvalue weighted by atomic mass is 10.1. The van der Waals surface area contributed by atoms with Gasteiger partial charge in [0.15, 0.2) is 0 Å². The lowest BCUT2D eigenvalue weighted by Crippen LogP contribution is -2.22. The highest BCUT2D eigenvalue weighted by atomic mass is 35.5. The zero-order valence-electron chi connectivity index (χ0n) is 11.9. The summed E-state index contributed by atoms with van der Waals surface area (Å²) in [6, 6.07) is 8.26. The Labute approximate surface area is 127 Å². The summed E-state index contributed by atoms with van der Waals surface area (Å²) in [5.74, 6) is 0.957. The van der Waals surface area contributed by atoms with Crippen LogP contribution in [0.15, 0.2) is 29.2 Å². The highest BCUT2D eigenvalue weighted by molar-refractivity contribution is 7.99. The third-order valence-electron chi connectivity index (χ3n) is 3.22. The van der Waals surface area contributed by atoms with Crippen molar-refractivity contribution in [3.63, 3.8) is 0 Å². The van der Waals surface area contributed by atoms with E-state index in [0.717, 1.165) is 22.1 Å². The normalized spacial score (nSPS) is 12.6. The maximum absolute atomic E-state index is 6.15. The highest BCUT2D eigenvalue weighted by Crippen LogP contribution is 2.27. The molecule has 0 saturated heterocycles. The molecule has 0 aliphatic heterocycles. The summed E-state index contributed by atoms with van der Waals surface area (Å²) in [6.07, 6.45) is 9.13. The average Bonchev–Trinajstić information content (AvgIpc) is 2.42. The largest absolute Gasteiger partial charge is 0.327 e. The highest BCUT2D eigenvalue weighted by Gasteiger charge is 2.05. The number of nitrogens with two attached hydrogens (primary N) is 1. The summed E-state index contributed by atoms with van der Waals surface area (Å²) in [5.41, 5.74) is 6.15. The number of halogens is 1. The first-order valence-corrected chi connectivity index (χ1v) is 8.73. The Hall–Kier alpha value is -0.180. The van der Waals surface area contributed by atoms with Crippen molar-refractivity contribution >= 4 is 23.4 Å². The number of rotatable bonds is 10. The summed E-state index contributed by atoms with van der Waals surface area (Å²) in [6.45, 7) is 2.25. The van der Waals surface area contributed by atoms with Crippen molar-refractivity contribution in [2.75, 3.05) is 5.75 Å². The van der Waals surface area contributed by atoms with Crippen LogP contribution in [0.1, 0.15) is 51.9 Å². The zero-order valence-corrected chi connectivity index (χ0v) is 13.5. The topological polar surface area (TPSA) is 26.0 Å². The second kappa shape index (κ2) is 10.6. The number of hydrogen-bond acceptors (Lipinski definition) is 2. The molecule has 19 heavy (non-hydrogen) atoms. The zero-order chi connectivity index (χ0) is 13.9. The van der Waals surface area contributed by atoms with Gasteiger partial charge in [-0.25, -0.2) is 0 Å². The van der Waals surface area contributed by atoms with E-state index in [1.165, 1.54) is 38.5 Å². The quantitative estimate of drug-likeness (QED) is 0.455. The molecule has 3 heteroatoms. The molecular weight excluding hydrogens is 274 g/mol. The smallest absolute Gasteiger partial charge is 0.0541 e. The molecule has 1 atom stereocenters. The van der Waals surface area contributed by atoms with Crippen LogP contribution in [-0.2, 0) is 0 Å². The summed E-state index contributed by atoms with van der Waals surface area (Å²) in [4.78, 5) is 1.14. The summed E-state index contributed by atoms with van der Waals surface area (Å²) < 4.78 is 0. The minimum atomic E-state index is 0.285. The number of hydrogen-bond donors (Lipinski definition) is 1. The Kier molecular flexibility index (Phi) is 9.40. The van der Waals surface area contributed by atoms with E-state index in [9.17, 15) is 0 Å². The molecule has 0 saturated carbocycles. The Morgan fingerprint density at radius 3 is 2.53 bits per heavy atom. The van der Waals surface area contributed by atoms with Gasteiger partial charge in [-0.3, -0.25) is 0 Å². The van der Waals surface area contributed by atoms with E-state index in [1.807, 2.05) is 18.2 Å². The molecule has 1 aromatic carbocycles. The molecule has 0 aliphatic rings. The minimum absolute atomic E-state index is 0.285. The molecule has 1 unspecified atom stereocenters. The Bertz CT molecular complexity index is 343. The monoisotopic (exact) mass is 299 g/mol. The Balaban J connectivity index is 2.08. The van der Waals surface area contributed by atoms with Gasteiger partial charge in [0.05, 0.1) is 5.02 Å². The van der Waals surface area contributed by atoms with Crippen LogP contribution in [0.5, 0.6) is 0 Å². The second-order valence-corrected chi connectivity index (χ2v) is 6.53. The minimum Gasteiger partial charge on any atom is -0.327 e. The van der Waals surface area contributed by atoms with Crippen LogP contribution >= 0.6 is 23.4 Å². The van der Waals surface area contributed by atoms with Crippen LogP contribution in [-0.4, -0.2) is 11.8 Å². The fourth-order valence-corrected chi connectivity index (χ4v) is 3.27. The van der Waals surface area contributed by atoms with Gasteiger partial charge in [-0.15, -0.1) is 11.8 Å². The van der Waals surface area contributed by atoms with E-state index in [0.29, 0.717) is 0 Å². The van der Waals surface area contributed by atoms with Crippen LogP contribution in [0.4, 0.5) is 0 Å². The van der Waals surface area contributed by atoms with Crippen molar-refractivity contribution in [2.24, 2.45) is 5.73 Å². The molecule has 0 aliphatic carbocycles. The maximum atomic E-state index is 6.15. The first-order chi connectivity index (χ1) is 9.24. The summed E-state index contributed by atoms with van der Waals surface area (Å²) in [5, 5.41) is 0.833. The molecule has 1 rings (SSSR count). The molecule has 0 bridgehead atoms. The molecule has 0 amide bonds. The molecule has 1 nitrogen and oxygen atoms in total. The van der Waals surface area contributed by atoms with Crippen molar-refractivity contribution in [3.8, 4) is 0 Å². The average molecular weight is 300 g/mol. The van der Waals surface area contributed by atoms with Crippen molar-refractivity contribution in [2.45, 2.75) is 62.8 Å². The third kappa shape index (κ3) is 7.86. The third-order valence-corrected chi connectivity index (χ3v) is 4.92. The first-order valence-electron chi connectivity index (χ1n) is 7.37. The van der Waals surface area contributed by atoms with Gasteiger partial charge in [0, 0.05) is 16.7 Å². The van der Waals surface area contributed by atoms with Gasteiger partial charge in [0.25, 0.3) is 0 Å². The molecular formula is C16H26ClNS. The van der Waals surface area contributed by atoms with E-state index in [4.69, 9.17) is 17.3 Å². The van der Waals surface area contributed by atoms with Gasteiger partial charge >= 0.3 is 0 Å². The van der Waals surface area contributed by atoms with E-state index in [1.54, 1.807) is 11.8 Å². The van der Waals surface area contributed by atoms with Crippen molar-refractivity contribution in [1.29, 1.82) is 0 Å². The summed E-state index contributed by atoms with van der Waals surface area (Å²) >= 11 is 7.89. The van der Waals surface area contributed by atoms with Gasteiger partial charge in [0.1, 0.15) is 0 Å². The second-order valence-electron chi connectivity index (χ2n) is 5.06. The number of unbranched alkanes of at least 4 members (excludes halogenated alkanes) is 5. The van der Waals surface area contributed by atoms with Gasteiger partial charge in [0.2, 0.25) is 0 Å². The number of thioether (sulfide) groups is 1. The van der Waals surface area contributed by atoms with Crippen LogP contribution in [0.25, 0.3) is 0 Å². The van der Waals surface area contributed by atoms with Crippen LogP contribution in [0.3, 0.4) is 0 Å². The lowest BCUT2D eigenvalue weighted by Gasteiger charge is -2.11. The molecule has 2 N–H and O–H groups in total. The number of benzene rings is 1. The van der Waals surface area contributed by atoms with Crippen LogP contribution in [0.2, 0.25) is 5.02 Å². The molecule has 0 radical (unpaired) electrons. The van der Waals surface area contributed by atoms with E-state index in [2.05, 4.69) is 13.0 Å². The molecule has 0 aromatic heterocycles. The van der Waals surface area contributed by atoms with E-state index in [-0.39, 0.29) is 6.04 Å². The Morgan fingerprint density at radius 1 is 1.11 bits per heavy atom. The Morgan fingerprint density at radius 2 is 1.79 bits per heavy atom. The van der Waals surface area contributed by atoms with E-state index < -0.39 is 0 Å². The fourth-order valence-electron chi connectivity index (χ4n) is 2.03. The van der Waals surface area contributed by atoms with Crippen LogP contribution in [0, 0.1) is 0 Å². The SMILES string of the molecule is CCCCCCCCC(N)CSc1ccccc1Cl. The van der Waals surface area contributed by atoms with Gasteiger partial charge < -0.3 is 5.73 Å². The molecule has 0 fully saturated rings. The maximum Gasteiger partial charge on any atom is 0.0541 e. The predicted octanol–water partition coefficient (Wildman–Crippen LogP) is 5.51. The molecule has 1 aromatic rings. The van der Waals surface area contributed by atoms with Crippen molar-refractivity contribution < 1.29 is 0 Å². The summed E-state index contributed by atoms with van der Waals surface area (Å²) in [7, 11) is 0. The van der Waals surface area contributed by atoms with Crippen molar-refractivity contribution in [3.05, 3.63) is 29.3 Å². The van der Waals surface area contributed by atoms with Gasteiger partial charge in [-0.2, -0.15) is 0 Å². The van der Waals surface area contributed by atoms with Gasteiger partial charge in [-0.1, -0.05) is 69.2 Å². The van der Waals surface area contributed by atoms with Crippen molar-refractivity contribution in [1.82, 2.24) is 0 Å². The molecule has 0 heterocycles. The molecule has 108 valence electrons. The standard InChI is InChI=1S/C16H26ClNS/c1-2-3-4-5-6-7-10-14(18)13-19-16-12-9-8-11-15(16)17/h8-9,11-12,14H,2-7,10,13,18H2,1H3. The predicted molar refractivity (Wildman–Crippen MR) is 88.1 cm³/mol. The van der Waals surface area contributed by atoms with Gasteiger partial charge in [-0.05, 0) is 18.6 Å². The molecule has 0 spiro atoms. The first kappa shape index (κ1) is 16.9. The fraction of sp³-hybridized carbons (Fsp3) is 0.625. The van der Waals surface area contributed by atoms with Crippen LogP contribution < -0.4 is 5.73 Å². The van der Waals surface area contributed by atoms with E-state index >= 15 is 0 Å². The lowest BCUT2D eigenvalue weighted by molar-refractivity contribution is 0.557.